The van der Waals surface area contributed by atoms with Gasteiger partial charge in [-0.05, 0) is 86.1 Å². The zero-order chi connectivity index (χ0) is 25.9. The summed E-state index contributed by atoms with van der Waals surface area (Å²) in [5.74, 6) is -0.121. The van der Waals surface area contributed by atoms with Gasteiger partial charge in [0, 0.05) is 22.5 Å². The molecule has 186 valence electrons. The molecule has 1 heterocycles. The Labute approximate surface area is 218 Å². The highest BCUT2D eigenvalue weighted by molar-refractivity contribution is 6.09. The van der Waals surface area contributed by atoms with E-state index in [1.165, 1.54) is 5.56 Å². The Bertz CT molecular complexity index is 1440. The van der Waals surface area contributed by atoms with Gasteiger partial charge in [-0.15, -0.1) is 0 Å². The molecule has 0 atom stereocenters. The van der Waals surface area contributed by atoms with Crippen LogP contribution < -0.4 is 9.80 Å². The van der Waals surface area contributed by atoms with Crippen molar-refractivity contribution in [2.24, 2.45) is 0 Å². The Morgan fingerprint density at radius 2 is 1.38 bits per heavy atom. The van der Waals surface area contributed by atoms with Crippen molar-refractivity contribution in [3.05, 3.63) is 130 Å². The number of rotatable bonds is 5. The zero-order valence-corrected chi connectivity index (χ0v) is 21.5. The lowest BCUT2D eigenvalue weighted by Gasteiger charge is -2.27. The number of carbonyl (C=O) groups excluding carboxylic acids is 2. The maximum absolute atomic E-state index is 13.8. The van der Waals surface area contributed by atoms with Gasteiger partial charge in [0.2, 0.25) is 0 Å². The van der Waals surface area contributed by atoms with Gasteiger partial charge in [0.25, 0.3) is 11.8 Å². The maximum atomic E-state index is 13.8. The monoisotopic (exact) mass is 489 g/mol. The third-order valence-electron chi connectivity index (χ3n) is 6.83. The largest absolute Gasteiger partial charge is 0.304 e. The van der Waals surface area contributed by atoms with Gasteiger partial charge in [-0.2, -0.15) is 0 Å². The van der Waals surface area contributed by atoms with Crippen LogP contribution in [0, 0.1) is 6.92 Å². The molecule has 0 unspecified atom stereocenters. The van der Waals surface area contributed by atoms with Crippen LogP contribution in [0.5, 0.6) is 0 Å². The van der Waals surface area contributed by atoms with Gasteiger partial charge in [-0.25, -0.2) is 0 Å². The Hall–Kier alpha value is -4.22. The number of carbonyl (C=O) groups is 2. The van der Waals surface area contributed by atoms with Gasteiger partial charge < -0.3 is 4.90 Å². The molecule has 37 heavy (non-hydrogen) atoms. The van der Waals surface area contributed by atoms with Gasteiger partial charge in [0.05, 0.1) is 13.2 Å². The summed E-state index contributed by atoms with van der Waals surface area (Å²) in [6, 6.07) is 31.4. The first kappa shape index (κ1) is 24.5. The van der Waals surface area contributed by atoms with E-state index < -0.39 is 0 Å². The molecule has 0 N–H and O–H groups in total. The van der Waals surface area contributed by atoms with E-state index in [9.17, 15) is 9.59 Å². The lowest BCUT2D eigenvalue weighted by molar-refractivity contribution is 0.0972. The molecule has 0 aliphatic carbocycles. The van der Waals surface area contributed by atoms with Crippen LogP contribution in [0.4, 0.5) is 11.4 Å². The van der Waals surface area contributed by atoms with E-state index in [-0.39, 0.29) is 11.8 Å². The first-order chi connectivity index (χ1) is 17.9. The second kappa shape index (κ2) is 10.4. The first-order valence-electron chi connectivity index (χ1n) is 12.5. The molecular formula is C32H31N3O2. The number of hydrogen-bond donors (Lipinski definition) is 0. The fraction of sp³-hybridized carbons (Fsp3) is 0.188. The van der Waals surface area contributed by atoms with E-state index in [0.717, 1.165) is 34.5 Å². The Morgan fingerprint density at radius 1 is 0.757 bits per heavy atom. The quantitative estimate of drug-likeness (QED) is 0.327. The van der Waals surface area contributed by atoms with Crippen LogP contribution in [0.25, 0.3) is 0 Å². The highest BCUT2D eigenvalue weighted by Gasteiger charge is 2.25. The highest BCUT2D eigenvalue weighted by Crippen LogP contribution is 2.32. The molecule has 0 saturated carbocycles. The predicted octanol–water partition coefficient (Wildman–Crippen LogP) is 5.91. The normalized spacial score (nSPS) is 12.5. The molecule has 0 radical (unpaired) electrons. The summed E-state index contributed by atoms with van der Waals surface area (Å²) >= 11 is 0. The molecule has 4 aromatic carbocycles. The van der Waals surface area contributed by atoms with Crippen molar-refractivity contribution in [3.8, 4) is 0 Å². The molecule has 4 aromatic rings. The van der Waals surface area contributed by atoms with Crippen LogP contribution in [0.1, 0.15) is 43.0 Å². The van der Waals surface area contributed by atoms with E-state index >= 15 is 0 Å². The molecule has 0 spiro atoms. The summed E-state index contributed by atoms with van der Waals surface area (Å²) in [6.07, 6.45) is 0.801. The SMILES string of the molecule is Cc1ccccc1C(=O)N(CN(C)C)c1ccc(C(=O)N2Cc3ccccc3Cc3ccccc32)cc1. The molecule has 0 bridgehead atoms. The number of hydrogen-bond acceptors (Lipinski definition) is 3. The van der Waals surface area contributed by atoms with Crippen LogP contribution in [0.3, 0.4) is 0 Å². The maximum Gasteiger partial charge on any atom is 0.259 e. The minimum atomic E-state index is -0.0658. The summed E-state index contributed by atoms with van der Waals surface area (Å²) in [7, 11) is 3.87. The van der Waals surface area contributed by atoms with Crippen LogP contribution in [-0.4, -0.2) is 37.5 Å². The molecule has 5 nitrogen and oxygen atoms in total. The van der Waals surface area contributed by atoms with Crippen LogP contribution in [0.15, 0.2) is 97.1 Å². The predicted molar refractivity (Wildman–Crippen MR) is 149 cm³/mol. The fourth-order valence-corrected chi connectivity index (χ4v) is 4.89. The molecular weight excluding hydrogens is 458 g/mol. The van der Waals surface area contributed by atoms with E-state index in [1.54, 1.807) is 4.90 Å². The fourth-order valence-electron chi connectivity index (χ4n) is 4.89. The minimum Gasteiger partial charge on any atom is -0.304 e. The van der Waals surface area contributed by atoms with Crippen LogP contribution >= 0.6 is 0 Å². The number of nitrogens with zero attached hydrogens (tertiary/aromatic N) is 3. The molecule has 2 amide bonds. The Kier molecular flexibility index (Phi) is 6.89. The third-order valence-corrected chi connectivity index (χ3v) is 6.83. The van der Waals surface area contributed by atoms with E-state index in [1.807, 2.05) is 104 Å². The van der Waals surface area contributed by atoms with E-state index in [2.05, 4.69) is 24.3 Å². The Morgan fingerprint density at radius 3 is 2.08 bits per heavy atom. The second-order valence-corrected chi connectivity index (χ2v) is 9.78. The smallest absolute Gasteiger partial charge is 0.259 e. The topological polar surface area (TPSA) is 43.9 Å². The van der Waals surface area contributed by atoms with E-state index in [0.29, 0.717) is 24.3 Å². The molecule has 5 rings (SSSR count). The molecule has 0 saturated heterocycles. The summed E-state index contributed by atoms with van der Waals surface area (Å²) in [6.45, 7) is 2.89. The molecule has 1 aliphatic heterocycles. The number of para-hydroxylation sites is 1. The van der Waals surface area contributed by atoms with Crippen LogP contribution in [0.2, 0.25) is 0 Å². The average Bonchev–Trinajstić information content (AvgIpc) is 3.08. The Balaban J connectivity index is 1.46. The number of fused-ring (bicyclic) bond motifs is 2. The lowest BCUT2D eigenvalue weighted by atomic mass is 10.0. The van der Waals surface area contributed by atoms with Gasteiger partial charge in [-0.1, -0.05) is 60.7 Å². The van der Waals surface area contributed by atoms with Gasteiger partial charge >= 0.3 is 0 Å². The van der Waals surface area contributed by atoms with Gasteiger partial charge in [0.15, 0.2) is 0 Å². The summed E-state index contributed by atoms with van der Waals surface area (Å²) in [4.78, 5) is 32.9. The van der Waals surface area contributed by atoms with Crippen LogP contribution in [-0.2, 0) is 13.0 Å². The van der Waals surface area contributed by atoms with Crippen molar-refractivity contribution >= 4 is 23.2 Å². The van der Waals surface area contributed by atoms with Crippen molar-refractivity contribution in [3.63, 3.8) is 0 Å². The van der Waals surface area contributed by atoms with Crippen molar-refractivity contribution in [1.82, 2.24) is 4.90 Å². The van der Waals surface area contributed by atoms with Gasteiger partial charge in [-0.3, -0.25) is 19.4 Å². The number of anilines is 2. The highest BCUT2D eigenvalue weighted by atomic mass is 16.2. The summed E-state index contributed by atoms with van der Waals surface area (Å²) in [5, 5.41) is 0. The summed E-state index contributed by atoms with van der Waals surface area (Å²) in [5.41, 5.74) is 7.42. The lowest BCUT2D eigenvalue weighted by Crippen LogP contribution is -2.39. The number of aryl methyl sites for hydroxylation is 1. The van der Waals surface area contributed by atoms with E-state index in [4.69, 9.17) is 0 Å². The third kappa shape index (κ3) is 5.04. The van der Waals surface area contributed by atoms with Crippen molar-refractivity contribution < 1.29 is 9.59 Å². The standard InChI is InChI=1S/C32H31N3O2/c1-23-10-4-8-14-29(23)32(37)35(22-33(2)3)28-18-16-24(17-19-28)31(36)34-21-27-13-6-5-11-25(27)20-26-12-7-9-15-30(26)34/h4-19H,20-22H2,1-3H3. The first-order valence-corrected chi connectivity index (χ1v) is 12.5. The molecule has 0 aromatic heterocycles. The van der Waals surface area contributed by atoms with Crippen molar-refractivity contribution in [2.45, 2.75) is 19.9 Å². The van der Waals surface area contributed by atoms with Gasteiger partial charge in [0.1, 0.15) is 0 Å². The minimum absolute atomic E-state index is 0.0555. The summed E-state index contributed by atoms with van der Waals surface area (Å²) < 4.78 is 0. The number of benzene rings is 4. The number of amides is 2. The van der Waals surface area contributed by atoms with Crippen molar-refractivity contribution in [1.29, 1.82) is 0 Å². The second-order valence-electron chi connectivity index (χ2n) is 9.78. The van der Waals surface area contributed by atoms with Crippen molar-refractivity contribution in [2.75, 3.05) is 30.6 Å². The molecule has 0 fully saturated rings. The average molecular weight is 490 g/mol. The molecule has 5 heteroatoms. The zero-order valence-electron chi connectivity index (χ0n) is 21.5. The molecule has 1 aliphatic rings.